The molecule has 0 radical (unpaired) electrons. The number of hydrogen-bond acceptors (Lipinski definition) is 6. The van der Waals surface area contributed by atoms with Gasteiger partial charge in [-0.05, 0) is 30.9 Å². The minimum absolute atomic E-state index is 0.00890. The number of nitrogens with zero attached hydrogens (tertiary/aromatic N) is 1. The lowest BCUT2D eigenvalue weighted by molar-refractivity contribution is -0.384. The number of nitro groups is 1. The fourth-order valence-electron chi connectivity index (χ4n) is 2.21. The number of ether oxygens (including phenoxy) is 2. The summed E-state index contributed by atoms with van der Waals surface area (Å²) in [6, 6.07) is 3.63. The third-order valence-corrected chi connectivity index (χ3v) is 3.33. The quantitative estimate of drug-likeness (QED) is 0.626. The van der Waals surface area contributed by atoms with Crippen LogP contribution in [-0.4, -0.2) is 34.9 Å². The zero-order chi connectivity index (χ0) is 16.8. The molecule has 0 saturated carbocycles. The summed E-state index contributed by atoms with van der Waals surface area (Å²) in [6.45, 7) is 0.586. The predicted molar refractivity (Wildman–Crippen MR) is 77.0 cm³/mol. The first-order valence-electron chi connectivity index (χ1n) is 7.02. The molecular formula is C14H16N2O7. The highest BCUT2D eigenvalue weighted by Crippen LogP contribution is 2.21. The van der Waals surface area contributed by atoms with Crippen LogP contribution in [0.1, 0.15) is 35.2 Å². The first kappa shape index (κ1) is 16.8. The summed E-state index contributed by atoms with van der Waals surface area (Å²) < 4.78 is 10.9. The molecular weight excluding hydrogens is 308 g/mol. The minimum Gasteiger partial charge on any atom is -0.465 e. The molecule has 1 aliphatic heterocycles. The van der Waals surface area contributed by atoms with Gasteiger partial charge in [0, 0.05) is 18.7 Å². The van der Waals surface area contributed by atoms with E-state index in [-0.39, 0.29) is 17.9 Å². The fourth-order valence-corrected chi connectivity index (χ4v) is 2.21. The second-order valence-corrected chi connectivity index (χ2v) is 4.96. The van der Waals surface area contributed by atoms with Crippen molar-refractivity contribution in [2.75, 3.05) is 6.61 Å². The minimum atomic E-state index is -1.54. The smallest absolute Gasteiger partial charge is 0.411 e. The van der Waals surface area contributed by atoms with Gasteiger partial charge in [-0.3, -0.25) is 20.2 Å². The van der Waals surface area contributed by atoms with Crippen molar-refractivity contribution >= 4 is 17.7 Å². The zero-order valence-corrected chi connectivity index (χ0v) is 12.2. The molecule has 0 aromatic heterocycles. The number of imide groups is 1. The lowest BCUT2D eigenvalue weighted by Crippen LogP contribution is -2.30. The highest BCUT2D eigenvalue weighted by atomic mass is 16.7. The highest BCUT2D eigenvalue weighted by Gasteiger charge is 2.20. The van der Waals surface area contributed by atoms with Crippen LogP contribution in [-0.2, 0) is 16.1 Å². The Balaban J connectivity index is 2.17. The van der Waals surface area contributed by atoms with Crippen molar-refractivity contribution in [2.45, 2.75) is 32.2 Å². The summed E-state index contributed by atoms with van der Waals surface area (Å²) in [5.41, 5.74) is -0.0702. The molecule has 1 saturated heterocycles. The molecule has 2 N–H and O–H groups in total. The van der Waals surface area contributed by atoms with Crippen LogP contribution in [0.15, 0.2) is 18.2 Å². The zero-order valence-electron chi connectivity index (χ0n) is 12.2. The Bertz CT molecular complexity index is 611. The summed E-state index contributed by atoms with van der Waals surface area (Å²) in [7, 11) is 0. The van der Waals surface area contributed by atoms with E-state index in [1.165, 1.54) is 12.1 Å². The SMILES string of the molecule is O=C(O)NC(=O)c1cc([N+](=O)[O-])ccc1COC1CCCCO1. The van der Waals surface area contributed by atoms with Crippen molar-refractivity contribution in [1.82, 2.24) is 5.32 Å². The summed E-state index contributed by atoms with van der Waals surface area (Å²) in [4.78, 5) is 32.7. The van der Waals surface area contributed by atoms with E-state index in [9.17, 15) is 19.7 Å². The number of rotatable bonds is 5. The molecule has 1 unspecified atom stereocenters. The largest absolute Gasteiger partial charge is 0.465 e. The number of carboxylic acid groups (broad SMARTS) is 1. The Morgan fingerprint density at radius 3 is 2.83 bits per heavy atom. The van der Waals surface area contributed by atoms with Gasteiger partial charge >= 0.3 is 6.09 Å². The standard InChI is InChI=1S/C14H16N2O7/c17-13(15-14(18)19)11-7-10(16(20)21)5-4-9(11)8-23-12-3-1-2-6-22-12/h4-5,7,12H,1-3,6,8H2,(H,15,17)(H,18,19). The van der Waals surface area contributed by atoms with Crippen LogP contribution in [0.4, 0.5) is 10.5 Å². The van der Waals surface area contributed by atoms with Crippen LogP contribution in [0.25, 0.3) is 0 Å². The number of carbonyl (C=O) groups is 2. The normalized spacial score (nSPS) is 17.5. The second kappa shape index (κ2) is 7.65. The number of nitro benzene ring substituents is 1. The van der Waals surface area contributed by atoms with E-state index in [1.54, 1.807) is 5.32 Å². The summed E-state index contributed by atoms with van der Waals surface area (Å²) in [5.74, 6) is -0.940. The van der Waals surface area contributed by atoms with Gasteiger partial charge in [0.25, 0.3) is 11.6 Å². The van der Waals surface area contributed by atoms with Gasteiger partial charge in [0.2, 0.25) is 0 Å². The topological polar surface area (TPSA) is 128 Å². The van der Waals surface area contributed by atoms with Crippen molar-refractivity contribution in [2.24, 2.45) is 0 Å². The van der Waals surface area contributed by atoms with Gasteiger partial charge in [-0.25, -0.2) is 4.79 Å². The first-order chi connectivity index (χ1) is 11.0. The maximum atomic E-state index is 11.9. The summed E-state index contributed by atoms with van der Waals surface area (Å²) >= 11 is 0. The number of carbonyl (C=O) groups excluding carboxylic acids is 1. The average Bonchev–Trinajstić information content (AvgIpc) is 2.53. The average molecular weight is 324 g/mol. The fraction of sp³-hybridized carbons (Fsp3) is 0.429. The Morgan fingerprint density at radius 2 is 2.22 bits per heavy atom. The lowest BCUT2D eigenvalue weighted by atomic mass is 10.1. The molecule has 1 fully saturated rings. The monoisotopic (exact) mass is 324 g/mol. The van der Waals surface area contributed by atoms with Gasteiger partial charge in [0.05, 0.1) is 17.1 Å². The lowest BCUT2D eigenvalue weighted by Gasteiger charge is -2.23. The predicted octanol–water partition coefficient (Wildman–Crippen LogP) is 2.05. The molecule has 2 amide bonds. The van der Waals surface area contributed by atoms with Crippen LogP contribution < -0.4 is 5.32 Å². The molecule has 9 heteroatoms. The number of nitrogens with one attached hydrogen (secondary N) is 1. The number of hydrogen-bond donors (Lipinski definition) is 2. The molecule has 1 aromatic rings. The second-order valence-electron chi connectivity index (χ2n) is 4.96. The van der Waals surface area contributed by atoms with Crippen molar-refractivity contribution in [3.05, 3.63) is 39.4 Å². The van der Waals surface area contributed by atoms with E-state index in [1.807, 2.05) is 0 Å². The molecule has 1 atom stereocenters. The molecule has 124 valence electrons. The van der Waals surface area contributed by atoms with E-state index in [2.05, 4.69) is 0 Å². The van der Waals surface area contributed by atoms with Crippen LogP contribution in [0.2, 0.25) is 0 Å². The molecule has 23 heavy (non-hydrogen) atoms. The van der Waals surface area contributed by atoms with E-state index >= 15 is 0 Å². The van der Waals surface area contributed by atoms with Crippen LogP contribution in [0.3, 0.4) is 0 Å². The van der Waals surface area contributed by atoms with Gasteiger partial charge in [-0.1, -0.05) is 0 Å². The number of benzene rings is 1. The van der Waals surface area contributed by atoms with Gasteiger partial charge in [-0.15, -0.1) is 0 Å². The van der Waals surface area contributed by atoms with E-state index in [0.29, 0.717) is 12.2 Å². The molecule has 2 rings (SSSR count). The van der Waals surface area contributed by atoms with E-state index in [4.69, 9.17) is 14.6 Å². The molecule has 1 aliphatic rings. The Hall–Kier alpha value is -2.52. The molecule has 1 aromatic carbocycles. The third-order valence-electron chi connectivity index (χ3n) is 3.33. The van der Waals surface area contributed by atoms with Gasteiger partial charge in [-0.2, -0.15) is 0 Å². The van der Waals surface area contributed by atoms with Crippen LogP contribution >= 0.6 is 0 Å². The van der Waals surface area contributed by atoms with E-state index < -0.39 is 23.2 Å². The third kappa shape index (κ3) is 4.73. The van der Waals surface area contributed by atoms with Gasteiger partial charge in [0.15, 0.2) is 6.29 Å². The molecule has 0 aliphatic carbocycles. The first-order valence-corrected chi connectivity index (χ1v) is 7.02. The van der Waals surface area contributed by atoms with Gasteiger partial charge < -0.3 is 14.6 Å². The van der Waals surface area contributed by atoms with Crippen molar-refractivity contribution in [1.29, 1.82) is 0 Å². The Labute approximate surface area is 131 Å². The molecule has 1 heterocycles. The Kier molecular flexibility index (Phi) is 5.61. The Morgan fingerprint density at radius 1 is 1.43 bits per heavy atom. The van der Waals surface area contributed by atoms with Crippen molar-refractivity contribution in [3.8, 4) is 0 Å². The summed E-state index contributed by atoms with van der Waals surface area (Å²) in [5, 5.41) is 21.1. The van der Waals surface area contributed by atoms with Crippen molar-refractivity contribution in [3.63, 3.8) is 0 Å². The van der Waals surface area contributed by atoms with Crippen LogP contribution in [0.5, 0.6) is 0 Å². The molecule has 0 spiro atoms. The van der Waals surface area contributed by atoms with Crippen LogP contribution in [0, 0.1) is 10.1 Å². The number of amides is 2. The number of non-ortho nitro benzene ring substituents is 1. The molecule has 0 bridgehead atoms. The molecule has 9 nitrogen and oxygen atoms in total. The summed E-state index contributed by atoms with van der Waals surface area (Å²) in [6.07, 6.45) is 0.725. The van der Waals surface area contributed by atoms with Gasteiger partial charge in [0.1, 0.15) is 0 Å². The van der Waals surface area contributed by atoms with E-state index in [0.717, 1.165) is 25.3 Å². The van der Waals surface area contributed by atoms with Crippen molar-refractivity contribution < 1.29 is 29.1 Å². The highest BCUT2D eigenvalue weighted by molar-refractivity contribution is 6.03. The maximum Gasteiger partial charge on any atom is 0.411 e. The maximum absolute atomic E-state index is 11.9.